The van der Waals surface area contributed by atoms with Crippen LogP contribution < -0.4 is 14.9 Å². The number of hydrogen-bond acceptors (Lipinski definition) is 6. The molecule has 0 spiro atoms. The average Bonchev–Trinajstić information content (AvgIpc) is 2.73. The fourth-order valence-electron chi connectivity index (χ4n) is 3.63. The number of carbonyl (C=O) groups is 1. The molecule has 1 heterocycles. The molecule has 8 heteroatoms. The number of carboxylic acids is 1. The molecule has 0 radical (unpaired) electrons. The van der Waals surface area contributed by atoms with Gasteiger partial charge >= 0.3 is 5.97 Å². The van der Waals surface area contributed by atoms with E-state index in [1.54, 1.807) is 36.4 Å². The van der Waals surface area contributed by atoms with Crippen molar-refractivity contribution in [3.63, 3.8) is 0 Å². The van der Waals surface area contributed by atoms with E-state index in [0.29, 0.717) is 64.9 Å². The first-order valence-corrected chi connectivity index (χ1v) is 10.8. The van der Waals surface area contributed by atoms with Crippen LogP contribution in [0.15, 0.2) is 51.7 Å². The van der Waals surface area contributed by atoms with E-state index in [1.807, 2.05) is 6.92 Å². The Labute approximate surface area is 189 Å². The molecule has 1 fully saturated rings. The average molecular weight is 459 g/mol. The van der Waals surface area contributed by atoms with Crippen molar-refractivity contribution in [1.29, 1.82) is 0 Å². The van der Waals surface area contributed by atoms with E-state index in [4.69, 9.17) is 35.3 Å². The highest BCUT2D eigenvalue weighted by molar-refractivity contribution is 6.34. The van der Waals surface area contributed by atoms with Crippen molar-refractivity contribution in [3.8, 4) is 22.8 Å². The first-order chi connectivity index (χ1) is 15.5. The maximum Gasteiger partial charge on any atom is 0.306 e. The minimum absolute atomic E-state index is 0.0606. The Morgan fingerprint density at radius 2 is 1.97 bits per heavy atom. The molecule has 168 valence electrons. The number of benzene rings is 2. The van der Waals surface area contributed by atoms with Crippen molar-refractivity contribution < 1.29 is 28.5 Å². The van der Waals surface area contributed by atoms with Crippen molar-refractivity contribution in [2.75, 3.05) is 19.8 Å². The summed E-state index contributed by atoms with van der Waals surface area (Å²) in [7, 11) is 0. The fraction of sp³-hybridized carbons (Fsp3) is 0.333. The molecule has 1 saturated carbocycles. The zero-order valence-corrected chi connectivity index (χ0v) is 18.3. The lowest BCUT2D eigenvalue weighted by atomic mass is 9.82. The van der Waals surface area contributed by atoms with Gasteiger partial charge in [-0.2, -0.15) is 0 Å². The molecule has 0 saturated heterocycles. The molecule has 0 amide bonds. The molecule has 1 aromatic heterocycles. The maximum atomic E-state index is 12.6. The van der Waals surface area contributed by atoms with Gasteiger partial charge in [-0.05, 0) is 44.0 Å². The van der Waals surface area contributed by atoms with E-state index in [9.17, 15) is 9.59 Å². The van der Waals surface area contributed by atoms with Crippen LogP contribution in [0.5, 0.6) is 11.5 Å². The lowest BCUT2D eigenvalue weighted by Gasteiger charge is -2.32. The van der Waals surface area contributed by atoms with Crippen molar-refractivity contribution in [1.82, 2.24) is 0 Å². The first kappa shape index (κ1) is 22.2. The van der Waals surface area contributed by atoms with Crippen LogP contribution in [-0.4, -0.2) is 37.0 Å². The largest absolute Gasteiger partial charge is 0.494 e. The van der Waals surface area contributed by atoms with Crippen LogP contribution in [0.1, 0.15) is 19.8 Å². The van der Waals surface area contributed by atoms with Crippen molar-refractivity contribution in [3.05, 3.63) is 57.7 Å². The van der Waals surface area contributed by atoms with E-state index in [0.717, 1.165) is 0 Å². The van der Waals surface area contributed by atoms with E-state index in [-0.39, 0.29) is 24.1 Å². The summed E-state index contributed by atoms with van der Waals surface area (Å²) in [5.41, 5.74) is 0.699. The second kappa shape index (κ2) is 9.63. The van der Waals surface area contributed by atoms with Gasteiger partial charge in [0.05, 0.1) is 41.2 Å². The van der Waals surface area contributed by atoms with Crippen LogP contribution in [-0.2, 0) is 9.53 Å². The van der Waals surface area contributed by atoms with Gasteiger partial charge in [-0.3, -0.25) is 9.59 Å². The molecule has 1 N–H and O–H groups in total. The van der Waals surface area contributed by atoms with Gasteiger partial charge in [0, 0.05) is 12.1 Å². The Morgan fingerprint density at radius 1 is 1.16 bits per heavy atom. The number of carboxylic acid groups (broad SMARTS) is 1. The smallest absolute Gasteiger partial charge is 0.306 e. The molecule has 7 nitrogen and oxygen atoms in total. The third-order valence-electron chi connectivity index (χ3n) is 5.37. The van der Waals surface area contributed by atoms with Gasteiger partial charge < -0.3 is 23.7 Å². The number of halogens is 1. The number of rotatable bonds is 9. The molecule has 3 aromatic rings. The van der Waals surface area contributed by atoms with Gasteiger partial charge in [-0.1, -0.05) is 17.7 Å². The summed E-state index contributed by atoms with van der Waals surface area (Å²) in [6, 6.07) is 11.7. The summed E-state index contributed by atoms with van der Waals surface area (Å²) < 4.78 is 23.2. The molecule has 0 aliphatic heterocycles. The number of ether oxygens (including phenoxy) is 3. The second-order valence-electron chi connectivity index (χ2n) is 7.53. The van der Waals surface area contributed by atoms with Gasteiger partial charge in [0.2, 0.25) is 0 Å². The Kier molecular flexibility index (Phi) is 6.67. The fourth-order valence-corrected chi connectivity index (χ4v) is 3.84. The lowest BCUT2D eigenvalue weighted by molar-refractivity contribution is -0.151. The van der Waals surface area contributed by atoms with Crippen LogP contribution in [0.4, 0.5) is 0 Å². The first-order valence-electron chi connectivity index (χ1n) is 10.4. The number of aliphatic carboxylic acids is 1. The van der Waals surface area contributed by atoms with Gasteiger partial charge in [0.25, 0.3) is 0 Å². The van der Waals surface area contributed by atoms with E-state index in [1.165, 1.54) is 6.07 Å². The predicted octanol–water partition coefficient (Wildman–Crippen LogP) is 4.77. The Morgan fingerprint density at radius 3 is 2.72 bits per heavy atom. The summed E-state index contributed by atoms with van der Waals surface area (Å²) in [6.45, 7) is 2.93. The highest BCUT2D eigenvalue weighted by Crippen LogP contribution is 2.35. The lowest BCUT2D eigenvalue weighted by Crippen LogP contribution is -2.37. The van der Waals surface area contributed by atoms with Gasteiger partial charge in [-0.25, -0.2) is 0 Å². The van der Waals surface area contributed by atoms with Crippen LogP contribution in [0.2, 0.25) is 5.02 Å². The molecule has 0 atom stereocenters. The third kappa shape index (κ3) is 4.74. The molecule has 4 rings (SSSR count). The quantitative estimate of drug-likeness (QED) is 0.461. The molecular weight excluding hydrogens is 436 g/mol. The number of para-hydroxylation sites is 1. The van der Waals surface area contributed by atoms with E-state index in [2.05, 4.69) is 0 Å². The van der Waals surface area contributed by atoms with Crippen LogP contribution in [0.3, 0.4) is 0 Å². The summed E-state index contributed by atoms with van der Waals surface area (Å²) in [5, 5.41) is 9.71. The topological polar surface area (TPSA) is 95.2 Å². The summed E-state index contributed by atoms with van der Waals surface area (Å²) >= 11 is 6.24. The van der Waals surface area contributed by atoms with Crippen molar-refractivity contribution in [2.24, 2.45) is 5.92 Å². The number of hydrogen-bond donors (Lipinski definition) is 1. The summed E-state index contributed by atoms with van der Waals surface area (Å²) in [4.78, 5) is 23.5. The van der Waals surface area contributed by atoms with Crippen molar-refractivity contribution in [2.45, 2.75) is 25.9 Å². The van der Waals surface area contributed by atoms with Gasteiger partial charge in [0.15, 0.2) is 11.0 Å². The standard InChI is InChI=1S/C24H23ClO7/c1-2-29-15-6-7-18(22-13-20(26)17-4-3-5-19(25)23(17)32-22)21(12-15)31-9-8-30-16-10-14(11-16)24(27)28/h3-7,12-14,16H,2,8-11H2,1H3,(H,27,28)/t14-,16+. The van der Waals surface area contributed by atoms with Gasteiger partial charge in [0.1, 0.15) is 23.9 Å². The van der Waals surface area contributed by atoms with Crippen LogP contribution >= 0.6 is 11.6 Å². The molecule has 1 aliphatic carbocycles. The van der Waals surface area contributed by atoms with Crippen LogP contribution in [0.25, 0.3) is 22.3 Å². The molecule has 1 aliphatic rings. The predicted molar refractivity (Wildman–Crippen MR) is 120 cm³/mol. The normalized spacial score (nSPS) is 17.7. The number of fused-ring (bicyclic) bond motifs is 1. The second-order valence-corrected chi connectivity index (χ2v) is 7.94. The SMILES string of the molecule is CCOc1ccc(-c2cc(=O)c3cccc(Cl)c3o2)c(OCCO[C@H]2C[C@@H](C(=O)O)C2)c1. The summed E-state index contributed by atoms with van der Waals surface area (Å²) in [6.07, 6.45) is 0.974. The van der Waals surface area contributed by atoms with E-state index >= 15 is 0 Å². The third-order valence-corrected chi connectivity index (χ3v) is 5.67. The summed E-state index contributed by atoms with van der Waals surface area (Å²) in [5.74, 6) is 0.328. The molecule has 2 aromatic carbocycles. The van der Waals surface area contributed by atoms with Crippen molar-refractivity contribution >= 4 is 28.5 Å². The van der Waals surface area contributed by atoms with Crippen LogP contribution in [0, 0.1) is 5.92 Å². The molecular formula is C24H23ClO7. The monoisotopic (exact) mass is 458 g/mol. The highest BCUT2D eigenvalue weighted by Gasteiger charge is 2.35. The van der Waals surface area contributed by atoms with E-state index < -0.39 is 5.97 Å². The Bertz CT molecular complexity index is 1180. The highest BCUT2D eigenvalue weighted by atomic mass is 35.5. The molecule has 0 unspecified atom stereocenters. The minimum Gasteiger partial charge on any atom is -0.494 e. The Balaban J connectivity index is 1.54. The Hall–Kier alpha value is -3.03. The molecule has 32 heavy (non-hydrogen) atoms. The molecule has 0 bridgehead atoms. The zero-order valence-electron chi connectivity index (χ0n) is 17.5. The van der Waals surface area contributed by atoms with Gasteiger partial charge in [-0.15, -0.1) is 0 Å². The maximum absolute atomic E-state index is 12.6. The zero-order chi connectivity index (χ0) is 22.7. The minimum atomic E-state index is -0.782.